The normalized spacial score (nSPS) is 21.2. The predicted octanol–water partition coefficient (Wildman–Crippen LogP) is 1.69. The molecule has 4 rings (SSSR count). The van der Waals surface area contributed by atoms with Crippen molar-refractivity contribution in [1.82, 2.24) is 19.7 Å². The highest BCUT2D eigenvalue weighted by atomic mass is 19.1. The number of carbonyl (C=O) groups is 2. The van der Waals surface area contributed by atoms with Crippen LogP contribution in [-0.2, 0) is 24.3 Å². The van der Waals surface area contributed by atoms with Crippen molar-refractivity contribution in [3.63, 3.8) is 0 Å². The quantitative estimate of drug-likeness (QED) is 0.775. The van der Waals surface area contributed by atoms with Crippen LogP contribution in [0.1, 0.15) is 34.2 Å². The molecular formula is C20H24FN5O4. The number of nitrogens with one attached hydrogen (secondary N) is 1. The molecule has 2 aromatic rings. The highest BCUT2D eigenvalue weighted by Gasteiger charge is 2.37. The van der Waals surface area contributed by atoms with Gasteiger partial charge in [0.15, 0.2) is 0 Å². The lowest BCUT2D eigenvalue weighted by atomic mass is 9.99. The largest absolute Gasteiger partial charge is 0.393 e. The number of hydrogen-bond acceptors (Lipinski definition) is 5. The van der Waals surface area contributed by atoms with E-state index in [0.29, 0.717) is 28.9 Å². The van der Waals surface area contributed by atoms with E-state index in [0.717, 1.165) is 10.8 Å². The summed E-state index contributed by atoms with van der Waals surface area (Å²) in [6.45, 7) is 3.75. The van der Waals surface area contributed by atoms with E-state index >= 15 is 0 Å². The van der Waals surface area contributed by atoms with E-state index in [1.54, 1.807) is 22.6 Å². The van der Waals surface area contributed by atoms with Gasteiger partial charge in [-0.3, -0.25) is 14.3 Å². The third kappa shape index (κ3) is 3.52. The van der Waals surface area contributed by atoms with Crippen LogP contribution in [0.5, 0.6) is 0 Å². The van der Waals surface area contributed by atoms with E-state index in [4.69, 9.17) is 4.84 Å². The van der Waals surface area contributed by atoms with Crippen molar-refractivity contribution in [2.45, 2.75) is 45.5 Å². The Bertz CT molecular complexity index is 1010. The van der Waals surface area contributed by atoms with Crippen molar-refractivity contribution in [2.24, 2.45) is 0 Å². The Morgan fingerprint density at radius 1 is 1.43 bits per heavy atom. The van der Waals surface area contributed by atoms with Gasteiger partial charge in [0.2, 0.25) is 0 Å². The highest BCUT2D eigenvalue weighted by molar-refractivity contribution is 5.94. The number of aromatic nitrogens is 2. The van der Waals surface area contributed by atoms with Crippen LogP contribution < -0.4 is 5.32 Å². The number of halogens is 1. The van der Waals surface area contributed by atoms with Crippen LogP contribution >= 0.6 is 0 Å². The van der Waals surface area contributed by atoms with E-state index in [1.807, 2.05) is 6.92 Å². The minimum atomic E-state index is -0.583. The molecule has 0 spiro atoms. The summed E-state index contributed by atoms with van der Waals surface area (Å²) in [4.78, 5) is 32.9. The zero-order valence-corrected chi connectivity index (χ0v) is 17.1. The summed E-state index contributed by atoms with van der Waals surface area (Å²) in [6.07, 6.45) is -0.0903. The third-order valence-corrected chi connectivity index (χ3v) is 5.53. The van der Waals surface area contributed by atoms with Crippen LogP contribution in [0.15, 0.2) is 18.2 Å². The molecule has 2 aliphatic heterocycles. The van der Waals surface area contributed by atoms with Crippen molar-refractivity contribution in [1.29, 1.82) is 0 Å². The number of fused-ring (bicyclic) bond motifs is 3. The molecule has 160 valence electrons. The van der Waals surface area contributed by atoms with Crippen LogP contribution in [0.2, 0.25) is 0 Å². The van der Waals surface area contributed by atoms with E-state index in [1.165, 1.54) is 19.2 Å². The minimum absolute atomic E-state index is 0.143. The molecule has 1 unspecified atom stereocenters. The molecule has 0 radical (unpaired) electrons. The van der Waals surface area contributed by atoms with Gasteiger partial charge in [0, 0.05) is 30.8 Å². The summed E-state index contributed by atoms with van der Waals surface area (Å²) in [6, 6.07) is 3.92. The van der Waals surface area contributed by atoms with Crippen LogP contribution in [0.3, 0.4) is 0 Å². The average Bonchev–Trinajstić information content (AvgIpc) is 2.99. The van der Waals surface area contributed by atoms with E-state index in [-0.39, 0.29) is 43.5 Å². The second-order valence-corrected chi connectivity index (χ2v) is 7.74. The van der Waals surface area contributed by atoms with E-state index < -0.39 is 6.10 Å². The molecule has 9 nitrogen and oxygen atoms in total. The monoisotopic (exact) mass is 417 g/mol. The number of nitrogens with zero attached hydrogens (tertiary/aromatic N) is 4. The molecule has 1 aromatic carbocycles. The number of hydrogen-bond donors (Lipinski definition) is 2. The summed E-state index contributed by atoms with van der Waals surface area (Å²) in [5, 5.41) is 18.0. The Morgan fingerprint density at radius 2 is 2.20 bits per heavy atom. The van der Waals surface area contributed by atoms with Gasteiger partial charge < -0.3 is 15.3 Å². The van der Waals surface area contributed by atoms with E-state index in [2.05, 4.69) is 10.4 Å². The summed E-state index contributed by atoms with van der Waals surface area (Å²) < 4.78 is 15.1. The molecule has 0 saturated carbocycles. The number of amides is 3. The lowest BCUT2D eigenvalue weighted by Crippen LogP contribution is -2.45. The topological polar surface area (TPSA) is 99.9 Å². The van der Waals surface area contributed by atoms with Crippen molar-refractivity contribution < 1.29 is 23.9 Å². The Balaban J connectivity index is 1.61. The molecule has 0 aliphatic carbocycles. The molecule has 1 aromatic heterocycles. The number of hydroxylamine groups is 2. The molecule has 0 fully saturated rings. The first kappa shape index (κ1) is 20.3. The smallest absolute Gasteiger partial charge is 0.322 e. The summed E-state index contributed by atoms with van der Waals surface area (Å²) in [5.41, 5.74) is 2.75. The van der Waals surface area contributed by atoms with Crippen LogP contribution in [0, 0.1) is 12.7 Å². The molecule has 3 amide bonds. The number of aryl methyl sites for hydroxylation is 1. The van der Waals surface area contributed by atoms with Gasteiger partial charge in [-0.15, -0.1) is 0 Å². The first-order chi connectivity index (χ1) is 14.3. The number of aliphatic hydroxyl groups is 1. The van der Waals surface area contributed by atoms with Gasteiger partial charge in [0.25, 0.3) is 5.91 Å². The molecule has 2 N–H and O–H groups in total. The molecule has 10 heteroatoms. The first-order valence-corrected chi connectivity index (χ1v) is 9.76. The van der Waals surface area contributed by atoms with Gasteiger partial charge in [-0.1, -0.05) is 0 Å². The maximum atomic E-state index is 13.5. The van der Waals surface area contributed by atoms with Crippen molar-refractivity contribution in [3.05, 3.63) is 46.5 Å². The Hall–Kier alpha value is -2.98. The Labute approximate surface area is 173 Å². The van der Waals surface area contributed by atoms with Crippen LogP contribution in [0.4, 0.5) is 14.9 Å². The van der Waals surface area contributed by atoms with Crippen molar-refractivity contribution in [3.8, 4) is 0 Å². The fourth-order valence-electron chi connectivity index (χ4n) is 3.89. The van der Waals surface area contributed by atoms with Crippen molar-refractivity contribution in [2.75, 3.05) is 19.0 Å². The maximum absolute atomic E-state index is 13.5. The molecule has 2 aliphatic rings. The lowest BCUT2D eigenvalue weighted by Gasteiger charge is -2.33. The number of rotatable bonds is 2. The number of benzene rings is 1. The van der Waals surface area contributed by atoms with Gasteiger partial charge >= 0.3 is 6.03 Å². The van der Waals surface area contributed by atoms with Gasteiger partial charge in [-0.2, -0.15) is 5.10 Å². The number of anilines is 1. The molecule has 3 heterocycles. The first-order valence-electron chi connectivity index (χ1n) is 9.76. The molecular weight excluding hydrogens is 393 g/mol. The summed E-state index contributed by atoms with van der Waals surface area (Å²) >= 11 is 0. The Kier molecular flexibility index (Phi) is 5.20. The molecule has 0 bridgehead atoms. The standard InChI is InChI=1S/C20H24FN5O4/c1-11-6-13(4-5-16(11)21)22-20(29)25-9-15-17(7-12(25)2)23-26-8-14(10-27)30-24(3)19(28)18(15)26/h4-6,12,14,27H,7-10H2,1-3H3,(H,22,29)/t12-,14?/m1/s1. The fraction of sp³-hybridized carbons (Fsp3) is 0.450. The van der Waals surface area contributed by atoms with Gasteiger partial charge in [-0.05, 0) is 37.6 Å². The SMILES string of the molecule is Cc1cc(NC(=O)N2Cc3c(nn4c3C(=O)N(C)OC(CO)C4)C[C@H]2C)ccc1F. The van der Waals surface area contributed by atoms with Crippen molar-refractivity contribution >= 4 is 17.6 Å². The Morgan fingerprint density at radius 3 is 2.90 bits per heavy atom. The summed E-state index contributed by atoms with van der Waals surface area (Å²) in [5.74, 6) is -0.707. The average molecular weight is 417 g/mol. The zero-order chi connectivity index (χ0) is 21.6. The molecule has 0 saturated heterocycles. The predicted molar refractivity (Wildman–Crippen MR) is 105 cm³/mol. The zero-order valence-electron chi connectivity index (χ0n) is 17.1. The molecule has 30 heavy (non-hydrogen) atoms. The van der Waals surface area contributed by atoms with E-state index in [9.17, 15) is 19.1 Å². The number of aliphatic hydroxyl groups excluding tert-OH is 1. The van der Waals surface area contributed by atoms with Gasteiger partial charge in [0.05, 0.1) is 25.4 Å². The number of urea groups is 1. The maximum Gasteiger partial charge on any atom is 0.322 e. The third-order valence-electron chi connectivity index (χ3n) is 5.53. The number of carbonyl (C=O) groups excluding carboxylic acids is 2. The fourth-order valence-corrected chi connectivity index (χ4v) is 3.89. The van der Waals surface area contributed by atoms with Gasteiger partial charge in [-0.25, -0.2) is 14.2 Å². The lowest BCUT2D eigenvalue weighted by molar-refractivity contribution is -0.159. The second kappa shape index (κ2) is 7.69. The van der Waals surface area contributed by atoms with Crippen LogP contribution in [0.25, 0.3) is 0 Å². The summed E-state index contributed by atoms with van der Waals surface area (Å²) in [7, 11) is 1.49. The molecule has 2 atom stereocenters. The van der Waals surface area contributed by atoms with Crippen LogP contribution in [-0.4, -0.2) is 62.6 Å². The highest BCUT2D eigenvalue weighted by Crippen LogP contribution is 2.29. The minimum Gasteiger partial charge on any atom is -0.393 e. The van der Waals surface area contributed by atoms with Gasteiger partial charge in [0.1, 0.15) is 17.6 Å². The second-order valence-electron chi connectivity index (χ2n) is 7.74.